The Morgan fingerprint density at radius 2 is 1.77 bits per heavy atom. The van der Waals surface area contributed by atoms with E-state index in [-0.39, 0.29) is 56.2 Å². The van der Waals surface area contributed by atoms with Crippen LogP contribution in [-0.2, 0) is 21.2 Å². The van der Waals surface area contributed by atoms with Crippen molar-refractivity contribution >= 4 is 27.3 Å². The number of sulfonamides is 1. The van der Waals surface area contributed by atoms with Gasteiger partial charge in [0.2, 0.25) is 15.9 Å². The highest BCUT2D eigenvalue weighted by atomic mass is 32.2. The molecule has 31 heavy (non-hydrogen) atoms. The Kier molecular flexibility index (Phi) is 6.97. The Balaban J connectivity index is 1.57. The molecule has 170 valence electrons. The summed E-state index contributed by atoms with van der Waals surface area (Å²) in [6, 6.07) is 7.38. The number of amides is 1. The molecule has 0 saturated carbocycles. The van der Waals surface area contributed by atoms with Gasteiger partial charge in [-0.3, -0.25) is 4.79 Å². The standard InChI is InChI=1S/C20H23F3N2O4S2/c1-14-13-18(15(2)30-14)31(27,28)25-11-9-24(10-12-25)19(26)8-7-16-5-3-4-6-17(16)29-20(21,22)23/h3-6,13H,7-12H2,1-2H3. The molecule has 2 aromatic rings. The van der Waals surface area contributed by atoms with Crippen LogP contribution in [0.4, 0.5) is 13.2 Å². The van der Waals surface area contributed by atoms with Crippen molar-refractivity contribution in [1.82, 2.24) is 9.21 Å². The zero-order valence-corrected chi connectivity index (χ0v) is 18.7. The summed E-state index contributed by atoms with van der Waals surface area (Å²) in [4.78, 5) is 16.0. The molecular weight excluding hydrogens is 453 g/mol. The van der Waals surface area contributed by atoms with Crippen LogP contribution in [0.3, 0.4) is 0 Å². The van der Waals surface area contributed by atoms with Crippen molar-refractivity contribution in [1.29, 1.82) is 0 Å². The van der Waals surface area contributed by atoms with Crippen LogP contribution in [0.1, 0.15) is 21.7 Å². The van der Waals surface area contributed by atoms with Gasteiger partial charge in [-0.25, -0.2) is 8.42 Å². The number of carbonyl (C=O) groups excluding carboxylic acids is 1. The molecule has 1 saturated heterocycles. The first-order valence-corrected chi connectivity index (χ1v) is 11.9. The number of aryl methyl sites for hydroxylation is 3. The highest BCUT2D eigenvalue weighted by molar-refractivity contribution is 7.89. The Bertz CT molecular complexity index is 1040. The fraction of sp³-hybridized carbons (Fsp3) is 0.450. The number of hydrogen-bond donors (Lipinski definition) is 0. The molecule has 1 amide bonds. The molecule has 1 aliphatic rings. The van der Waals surface area contributed by atoms with Gasteiger partial charge in [0.15, 0.2) is 0 Å². The largest absolute Gasteiger partial charge is 0.573 e. The summed E-state index contributed by atoms with van der Waals surface area (Å²) in [5.74, 6) is -0.554. The van der Waals surface area contributed by atoms with E-state index < -0.39 is 16.4 Å². The quantitative estimate of drug-likeness (QED) is 0.637. The summed E-state index contributed by atoms with van der Waals surface area (Å²) in [5, 5.41) is 0. The number of thiophene rings is 1. The topological polar surface area (TPSA) is 66.9 Å². The van der Waals surface area contributed by atoms with Gasteiger partial charge in [0.05, 0.1) is 4.90 Å². The molecule has 0 bridgehead atoms. The molecule has 0 atom stereocenters. The van der Waals surface area contributed by atoms with Crippen molar-refractivity contribution in [2.24, 2.45) is 0 Å². The number of para-hydroxylation sites is 1. The fourth-order valence-corrected chi connectivity index (χ4v) is 6.46. The second-order valence-electron chi connectivity index (χ2n) is 7.22. The maximum absolute atomic E-state index is 12.9. The predicted octanol–water partition coefficient (Wildman–Crippen LogP) is 3.73. The van der Waals surface area contributed by atoms with Gasteiger partial charge in [0, 0.05) is 42.4 Å². The first-order valence-electron chi connectivity index (χ1n) is 9.66. The highest BCUT2D eigenvalue weighted by Crippen LogP contribution is 2.29. The van der Waals surface area contributed by atoms with E-state index in [1.165, 1.54) is 33.8 Å². The van der Waals surface area contributed by atoms with Crippen LogP contribution in [0.25, 0.3) is 0 Å². The minimum atomic E-state index is -4.80. The van der Waals surface area contributed by atoms with Gasteiger partial charge in [-0.2, -0.15) is 4.31 Å². The van der Waals surface area contributed by atoms with E-state index in [9.17, 15) is 26.4 Å². The number of piperazine rings is 1. The van der Waals surface area contributed by atoms with Crippen molar-refractivity contribution in [2.45, 2.75) is 37.9 Å². The molecule has 0 unspecified atom stereocenters. The summed E-state index contributed by atoms with van der Waals surface area (Å²) in [6.07, 6.45) is -4.70. The van der Waals surface area contributed by atoms with Crippen LogP contribution in [0.2, 0.25) is 0 Å². The van der Waals surface area contributed by atoms with Crippen LogP contribution in [0.5, 0.6) is 5.75 Å². The molecule has 0 radical (unpaired) electrons. The second kappa shape index (κ2) is 9.17. The van der Waals surface area contributed by atoms with Crippen LogP contribution < -0.4 is 4.74 Å². The Morgan fingerprint density at radius 3 is 2.35 bits per heavy atom. The van der Waals surface area contributed by atoms with Gasteiger partial charge in [-0.1, -0.05) is 18.2 Å². The molecule has 1 aromatic heterocycles. The summed E-state index contributed by atoms with van der Waals surface area (Å²) in [7, 11) is -3.62. The average Bonchev–Trinajstić information content (AvgIpc) is 3.05. The average molecular weight is 477 g/mol. The number of alkyl halides is 3. The molecule has 3 rings (SSSR count). The van der Waals surface area contributed by atoms with Crippen molar-refractivity contribution in [3.05, 3.63) is 45.6 Å². The van der Waals surface area contributed by atoms with Crippen molar-refractivity contribution < 1.29 is 31.1 Å². The summed E-state index contributed by atoms with van der Waals surface area (Å²) >= 11 is 1.42. The molecule has 1 aliphatic heterocycles. The molecule has 11 heteroatoms. The summed E-state index contributed by atoms with van der Waals surface area (Å²) in [6.45, 7) is 4.45. The summed E-state index contributed by atoms with van der Waals surface area (Å²) in [5.41, 5.74) is 0.290. The lowest BCUT2D eigenvalue weighted by Gasteiger charge is -2.34. The maximum atomic E-state index is 12.9. The number of rotatable bonds is 6. The number of carbonyl (C=O) groups is 1. The zero-order chi connectivity index (χ0) is 22.8. The van der Waals surface area contributed by atoms with Gasteiger partial charge in [0.1, 0.15) is 5.75 Å². The molecule has 0 N–H and O–H groups in total. The van der Waals surface area contributed by atoms with E-state index in [4.69, 9.17) is 0 Å². The van der Waals surface area contributed by atoms with Crippen molar-refractivity contribution in [3.8, 4) is 5.75 Å². The van der Waals surface area contributed by atoms with E-state index in [0.29, 0.717) is 4.90 Å². The number of benzene rings is 1. The van der Waals surface area contributed by atoms with E-state index in [1.54, 1.807) is 24.0 Å². The number of halogens is 3. The van der Waals surface area contributed by atoms with E-state index in [0.717, 1.165) is 9.75 Å². The zero-order valence-electron chi connectivity index (χ0n) is 17.1. The normalized spacial score (nSPS) is 15.8. The Labute approximate surface area is 183 Å². The number of hydrogen-bond acceptors (Lipinski definition) is 5. The van der Waals surface area contributed by atoms with Crippen LogP contribution in [-0.4, -0.2) is 56.1 Å². The minimum Gasteiger partial charge on any atom is -0.406 e. The summed E-state index contributed by atoms with van der Waals surface area (Å²) < 4.78 is 68.8. The third-order valence-corrected chi connectivity index (χ3v) is 8.13. The Hall–Kier alpha value is -2.11. The predicted molar refractivity (Wildman–Crippen MR) is 111 cm³/mol. The van der Waals surface area contributed by atoms with Crippen LogP contribution in [0.15, 0.2) is 35.2 Å². The van der Waals surface area contributed by atoms with E-state index >= 15 is 0 Å². The lowest BCUT2D eigenvalue weighted by atomic mass is 10.1. The van der Waals surface area contributed by atoms with Gasteiger partial charge >= 0.3 is 6.36 Å². The first-order chi connectivity index (χ1) is 14.5. The van der Waals surface area contributed by atoms with E-state index in [2.05, 4.69) is 4.74 Å². The minimum absolute atomic E-state index is 0.00775. The second-order valence-corrected chi connectivity index (χ2v) is 10.6. The molecule has 6 nitrogen and oxygen atoms in total. The monoisotopic (exact) mass is 476 g/mol. The molecule has 0 spiro atoms. The smallest absolute Gasteiger partial charge is 0.406 e. The van der Waals surface area contributed by atoms with Crippen molar-refractivity contribution in [3.63, 3.8) is 0 Å². The fourth-order valence-electron chi connectivity index (χ4n) is 3.51. The van der Waals surface area contributed by atoms with Gasteiger partial charge < -0.3 is 9.64 Å². The van der Waals surface area contributed by atoms with Crippen LogP contribution >= 0.6 is 11.3 Å². The molecular formula is C20H23F3N2O4S2. The van der Waals surface area contributed by atoms with Gasteiger partial charge in [-0.15, -0.1) is 24.5 Å². The van der Waals surface area contributed by atoms with Gasteiger partial charge in [-0.05, 0) is 38.0 Å². The number of ether oxygens (including phenoxy) is 1. The third-order valence-electron chi connectivity index (χ3n) is 5.01. The van der Waals surface area contributed by atoms with Crippen LogP contribution in [0, 0.1) is 13.8 Å². The molecule has 1 aromatic carbocycles. The van der Waals surface area contributed by atoms with Gasteiger partial charge in [0.25, 0.3) is 0 Å². The van der Waals surface area contributed by atoms with Crippen molar-refractivity contribution in [2.75, 3.05) is 26.2 Å². The maximum Gasteiger partial charge on any atom is 0.573 e. The molecule has 2 heterocycles. The first kappa shape index (κ1) is 23.6. The number of nitrogens with zero attached hydrogens (tertiary/aromatic N) is 2. The lowest BCUT2D eigenvalue weighted by Crippen LogP contribution is -2.50. The lowest BCUT2D eigenvalue weighted by molar-refractivity contribution is -0.274. The van der Waals surface area contributed by atoms with E-state index in [1.807, 2.05) is 6.92 Å². The SMILES string of the molecule is Cc1cc(S(=O)(=O)N2CCN(C(=O)CCc3ccccc3OC(F)(F)F)CC2)c(C)s1. The molecule has 0 aliphatic carbocycles. The Morgan fingerprint density at radius 1 is 1.13 bits per heavy atom. The molecule has 1 fully saturated rings. The highest BCUT2D eigenvalue weighted by Gasteiger charge is 2.33. The third kappa shape index (κ3) is 5.78.